The van der Waals surface area contributed by atoms with E-state index < -0.39 is 5.97 Å². The second kappa shape index (κ2) is 6.88. The molecule has 0 amide bonds. The molecule has 1 aromatic carbocycles. The predicted molar refractivity (Wildman–Crippen MR) is 64.4 cm³/mol. The van der Waals surface area contributed by atoms with Crippen LogP contribution in [0.1, 0.15) is 16.8 Å². The van der Waals surface area contributed by atoms with Crippen molar-refractivity contribution in [2.24, 2.45) is 0 Å². The van der Waals surface area contributed by atoms with Gasteiger partial charge in [0.2, 0.25) is 0 Å². The molecule has 17 heavy (non-hydrogen) atoms. The SMILES string of the molecule is COCC(CCO)Nc1ccc(C(=O)O)cc1. The number of hydrogen-bond donors (Lipinski definition) is 3. The highest BCUT2D eigenvalue weighted by molar-refractivity contribution is 5.87. The van der Waals surface area contributed by atoms with Gasteiger partial charge in [0.25, 0.3) is 0 Å². The zero-order valence-corrected chi connectivity index (χ0v) is 9.72. The van der Waals surface area contributed by atoms with Crippen LogP contribution in [0.4, 0.5) is 5.69 Å². The Balaban J connectivity index is 2.62. The molecular weight excluding hydrogens is 222 g/mol. The van der Waals surface area contributed by atoms with Crippen molar-refractivity contribution in [2.75, 3.05) is 25.6 Å². The molecular formula is C12H17NO4. The van der Waals surface area contributed by atoms with E-state index in [0.29, 0.717) is 13.0 Å². The highest BCUT2D eigenvalue weighted by Gasteiger charge is 2.08. The van der Waals surface area contributed by atoms with E-state index in [4.69, 9.17) is 14.9 Å². The van der Waals surface area contributed by atoms with E-state index >= 15 is 0 Å². The lowest BCUT2D eigenvalue weighted by Gasteiger charge is -2.18. The molecule has 0 saturated carbocycles. The first-order valence-corrected chi connectivity index (χ1v) is 5.37. The van der Waals surface area contributed by atoms with E-state index in [1.54, 1.807) is 19.2 Å². The van der Waals surface area contributed by atoms with Gasteiger partial charge in [-0.2, -0.15) is 0 Å². The second-order valence-electron chi connectivity index (χ2n) is 3.69. The Hall–Kier alpha value is -1.59. The number of carboxylic acid groups (broad SMARTS) is 1. The Morgan fingerprint density at radius 3 is 2.53 bits per heavy atom. The van der Waals surface area contributed by atoms with Crippen LogP contribution in [0.3, 0.4) is 0 Å². The van der Waals surface area contributed by atoms with Crippen molar-refractivity contribution in [1.29, 1.82) is 0 Å². The van der Waals surface area contributed by atoms with Crippen LogP contribution in [0.2, 0.25) is 0 Å². The van der Waals surface area contributed by atoms with Crippen molar-refractivity contribution in [3.05, 3.63) is 29.8 Å². The molecule has 0 spiro atoms. The highest BCUT2D eigenvalue weighted by atomic mass is 16.5. The Kier molecular flexibility index (Phi) is 5.45. The number of carbonyl (C=O) groups is 1. The van der Waals surface area contributed by atoms with Gasteiger partial charge in [-0.15, -0.1) is 0 Å². The molecule has 0 radical (unpaired) electrons. The number of nitrogens with one attached hydrogen (secondary N) is 1. The maximum Gasteiger partial charge on any atom is 0.335 e. The van der Waals surface area contributed by atoms with Crippen molar-refractivity contribution in [2.45, 2.75) is 12.5 Å². The third kappa shape index (κ3) is 4.42. The number of rotatable bonds is 7. The molecule has 0 aliphatic rings. The quantitative estimate of drug-likeness (QED) is 0.666. The van der Waals surface area contributed by atoms with Gasteiger partial charge in [0, 0.05) is 19.4 Å². The van der Waals surface area contributed by atoms with Crippen molar-refractivity contribution in [1.82, 2.24) is 0 Å². The molecule has 0 aliphatic carbocycles. The van der Waals surface area contributed by atoms with E-state index in [1.807, 2.05) is 0 Å². The molecule has 94 valence electrons. The zero-order valence-electron chi connectivity index (χ0n) is 9.72. The van der Waals surface area contributed by atoms with Crippen LogP contribution in [0.25, 0.3) is 0 Å². The van der Waals surface area contributed by atoms with Crippen LogP contribution in [-0.2, 0) is 4.74 Å². The van der Waals surface area contributed by atoms with Gasteiger partial charge in [0.05, 0.1) is 18.2 Å². The second-order valence-corrected chi connectivity index (χ2v) is 3.69. The summed E-state index contributed by atoms with van der Waals surface area (Å²) in [7, 11) is 1.60. The van der Waals surface area contributed by atoms with Gasteiger partial charge in [0.15, 0.2) is 0 Å². The lowest BCUT2D eigenvalue weighted by Crippen LogP contribution is -2.26. The molecule has 3 N–H and O–H groups in total. The van der Waals surface area contributed by atoms with Gasteiger partial charge >= 0.3 is 5.97 Å². The minimum atomic E-state index is -0.944. The number of carboxylic acids is 1. The number of aromatic carboxylic acids is 1. The number of anilines is 1. The van der Waals surface area contributed by atoms with Crippen LogP contribution in [0, 0.1) is 0 Å². The number of hydrogen-bond acceptors (Lipinski definition) is 4. The largest absolute Gasteiger partial charge is 0.478 e. The molecule has 0 aromatic heterocycles. The number of aliphatic hydroxyl groups excluding tert-OH is 1. The molecule has 0 heterocycles. The van der Waals surface area contributed by atoms with Gasteiger partial charge in [-0.1, -0.05) is 0 Å². The van der Waals surface area contributed by atoms with E-state index in [9.17, 15) is 4.79 Å². The molecule has 1 aromatic rings. The van der Waals surface area contributed by atoms with E-state index in [-0.39, 0.29) is 18.2 Å². The van der Waals surface area contributed by atoms with E-state index in [0.717, 1.165) is 5.69 Å². The van der Waals surface area contributed by atoms with Crippen LogP contribution < -0.4 is 5.32 Å². The summed E-state index contributed by atoms with van der Waals surface area (Å²) in [6, 6.07) is 6.48. The highest BCUT2D eigenvalue weighted by Crippen LogP contribution is 2.12. The van der Waals surface area contributed by atoms with Gasteiger partial charge in [-0.05, 0) is 30.7 Å². The molecule has 5 nitrogen and oxygen atoms in total. The Morgan fingerprint density at radius 2 is 2.06 bits per heavy atom. The lowest BCUT2D eigenvalue weighted by atomic mass is 10.1. The maximum atomic E-state index is 10.7. The monoisotopic (exact) mass is 239 g/mol. The van der Waals surface area contributed by atoms with Crippen LogP contribution in [-0.4, -0.2) is 42.5 Å². The topological polar surface area (TPSA) is 78.8 Å². The summed E-state index contributed by atoms with van der Waals surface area (Å²) in [4.78, 5) is 10.7. The summed E-state index contributed by atoms with van der Waals surface area (Å²) in [5, 5.41) is 20.8. The summed E-state index contributed by atoms with van der Waals surface area (Å²) < 4.78 is 5.02. The predicted octanol–water partition coefficient (Wildman–Crippen LogP) is 1.19. The van der Waals surface area contributed by atoms with Gasteiger partial charge in [0.1, 0.15) is 0 Å². The fourth-order valence-electron chi connectivity index (χ4n) is 1.50. The van der Waals surface area contributed by atoms with Gasteiger partial charge < -0.3 is 20.3 Å². The van der Waals surface area contributed by atoms with Crippen molar-refractivity contribution in [3.63, 3.8) is 0 Å². The van der Waals surface area contributed by atoms with Crippen LogP contribution in [0.15, 0.2) is 24.3 Å². The minimum absolute atomic E-state index is 0.0145. The number of ether oxygens (including phenoxy) is 1. The van der Waals surface area contributed by atoms with Crippen LogP contribution >= 0.6 is 0 Å². The fourth-order valence-corrected chi connectivity index (χ4v) is 1.50. The average Bonchev–Trinajstić information content (AvgIpc) is 2.30. The first-order valence-electron chi connectivity index (χ1n) is 5.37. The lowest BCUT2D eigenvalue weighted by molar-refractivity contribution is 0.0697. The minimum Gasteiger partial charge on any atom is -0.478 e. The number of benzene rings is 1. The normalized spacial score (nSPS) is 12.1. The van der Waals surface area contributed by atoms with Gasteiger partial charge in [-0.25, -0.2) is 4.79 Å². The van der Waals surface area contributed by atoms with Gasteiger partial charge in [-0.3, -0.25) is 0 Å². The summed E-state index contributed by atoms with van der Waals surface area (Å²) in [5.74, 6) is -0.944. The van der Waals surface area contributed by atoms with Crippen LogP contribution in [0.5, 0.6) is 0 Å². The van der Waals surface area contributed by atoms with E-state index in [2.05, 4.69) is 5.32 Å². The average molecular weight is 239 g/mol. The van der Waals surface area contributed by atoms with Crippen molar-refractivity contribution in [3.8, 4) is 0 Å². The van der Waals surface area contributed by atoms with Crippen molar-refractivity contribution < 1.29 is 19.7 Å². The first-order chi connectivity index (χ1) is 8.17. The maximum absolute atomic E-state index is 10.7. The summed E-state index contributed by atoms with van der Waals surface area (Å²) >= 11 is 0. The molecule has 1 unspecified atom stereocenters. The third-order valence-electron chi connectivity index (χ3n) is 2.35. The molecule has 5 heteroatoms. The Morgan fingerprint density at radius 1 is 1.41 bits per heavy atom. The molecule has 1 atom stereocenters. The Bertz CT molecular complexity index is 344. The first kappa shape index (κ1) is 13.5. The number of methoxy groups -OCH3 is 1. The summed E-state index contributed by atoms with van der Waals surface area (Å²) in [6.07, 6.45) is 0.578. The molecule has 0 bridgehead atoms. The summed E-state index contributed by atoms with van der Waals surface area (Å²) in [6.45, 7) is 0.565. The third-order valence-corrected chi connectivity index (χ3v) is 2.35. The smallest absolute Gasteiger partial charge is 0.335 e. The zero-order chi connectivity index (χ0) is 12.7. The molecule has 0 fully saturated rings. The van der Waals surface area contributed by atoms with E-state index in [1.165, 1.54) is 12.1 Å². The molecule has 0 saturated heterocycles. The molecule has 0 aliphatic heterocycles. The Labute approximate surface area is 100 Å². The summed E-state index contributed by atoms with van der Waals surface area (Å²) in [5.41, 5.74) is 1.06. The fraction of sp³-hybridized carbons (Fsp3) is 0.417. The van der Waals surface area contributed by atoms with Crippen molar-refractivity contribution >= 4 is 11.7 Å². The number of aliphatic hydroxyl groups is 1. The molecule has 1 rings (SSSR count). The standard InChI is InChI=1S/C12H17NO4/c1-17-8-11(6-7-14)13-10-4-2-9(3-5-10)12(15)16/h2-5,11,13-14H,6-8H2,1H3,(H,15,16).